The number of nitrogens with two attached hydrogens (primary N) is 1. The van der Waals surface area contributed by atoms with Gasteiger partial charge >= 0.3 is 0 Å². The van der Waals surface area contributed by atoms with Crippen LogP contribution in [0.2, 0.25) is 0 Å². The fraction of sp³-hybridized carbons (Fsp3) is 0.200. The monoisotopic (exact) mass is 188 g/mol. The number of hydrogen-bond donors (Lipinski definition) is 1. The van der Waals surface area contributed by atoms with Gasteiger partial charge in [-0.15, -0.1) is 5.10 Å². The van der Waals surface area contributed by atoms with Crippen LogP contribution in [0.15, 0.2) is 36.5 Å². The Balaban J connectivity index is 2.19. The highest BCUT2D eigenvalue weighted by molar-refractivity contribution is 5.15. The molecule has 2 rings (SSSR count). The first kappa shape index (κ1) is 8.90. The highest BCUT2D eigenvalue weighted by Gasteiger charge is 2.01. The maximum Gasteiger partial charge on any atom is 0.0738 e. The van der Waals surface area contributed by atoms with Crippen LogP contribution in [0, 0.1) is 0 Å². The Hall–Kier alpha value is -1.68. The molecule has 0 unspecified atom stereocenters. The second-order valence-corrected chi connectivity index (χ2v) is 3.07. The molecular weight excluding hydrogens is 176 g/mol. The molecule has 2 aromatic rings. The van der Waals surface area contributed by atoms with Crippen LogP contribution in [0.25, 0.3) is 0 Å². The molecule has 0 bridgehead atoms. The zero-order chi connectivity index (χ0) is 9.80. The summed E-state index contributed by atoms with van der Waals surface area (Å²) in [5.74, 6) is 0. The summed E-state index contributed by atoms with van der Waals surface area (Å²) in [6.07, 6.45) is 1.70. The average molecular weight is 188 g/mol. The van der Waals surface area contributed by atoms with Crippen molar-refractivity contribution in [2.75, 3.05) is 0 Å². The lowest BCUT2D eigenvalue weighted by atomic mass is 10.2. The van der Waals surface area contributed by atoms with Gasteiger partial charge in [-0.1, -0.05) is 35.5 Å². The van der Waals surface area contributed by atoms with Gasteiger partial charge in [0.15, 0.2) is 0 Å². The summed E-state index contributed by atoms with van der Waals surface area (Å²) in [6.45, 7) is 1.20. The lowest BCUT2D eigenvalue weighted by Crippen LogP contribution is -2.09. The highest BCUT2D eigenvalue weighted by Crippen LogP contribution is 2.03. The average Bonchev–Trinajstić information content (AvgIpc) is 2.67. The molecule has 72 valence electrons. The third kappa shape index (κ3) is 1.80. The van der Waals surface area contributed by atoms with E-state index in [4.69, 9.17) is 5.73 Å². The molecule has 14 heavy (non-hydrogen) atoms. The van der Waals surface area contributed by atoms with Gasteiger partial charge in [0.05, 0.1) is 18.4 Å². The minimum absolute atomic E-state index is 0.472. The Bertz CT molecular complexity index is 394. The van der Waals surface area contributed by atoms with Crippen molar-refractivity contribution in [1.29, 1.82) is 0 Å². The van der Waals surface area contributed by atoms with Crippen molar-refractivity contribution in [3.63, 3.8) is 0 Å². The van der Waals surface area contributed by atoms with Gasteiger partial charge < -0.3 is 5.73 Å². The van der Waals surface area contributed by atoms with E-state index in [0.29, 0.717) is 6.54 Å². The van der Waals surface area contributed by atoms with Gasteiger partial charge in [0.25, 0.3) is 0 Å². The molecule has 1 aromatic carbocycles. The summed E-state index contributed by atoms with van der Waals surface area (Å²) in [5.41, 5.74) is 7.70. The molecule has 0 amide bonds. The van der Waals surface area contributed by atoms with E-state index >= 15 is 0 Å². The van der Waals surface area contributed by atoms with E-state index in [-0.39, 0.29) is 0 Å². The van der Waals surface area contributed by atoms with Gasteiger partial charge in [-0.3, -0.25) is 0 Å². The first-order chi connectivity index (χ1) is 6.90. The SMILES string of the molecule is NCc1cnnn1Cc1ccccc1. The molecule has 1 heterocycles. The van der Waals surface area contributed by atoms with Crippen molar-refractivity contribution in [3.05, 3.63) is 47.8 Å². The number of benzene rings is 1. The Morgan fingerprint density at radius 1 is 1.21 bits per heavy atom. The molecule has 0 fully saturated rings. The van der Waals surface area contributed by atoms with E-state index in [0.717, 1.165) is 12.2 Å². The highest BCUT2D eigenvalue weighted by atomic mass is 15.4. The first-order valence-corrected chi connectivity index (χ1v) is 4.51. The van der Waals surface area contributed by atoms with Crippen molar-refractivity contribution in [2.24, 2.45) is 5.73 Å². The summed E-state index contributed by atoms with van der Waals surface area (Å²) >= 11 is 0. The summed E-state index contributed by atoms with van der Waals surface area (Å²) in [7, 11) is 0. The number of nitrogens with zero attached hydrogens (tertiary/aromatic N) is 3. The molecule has 0 saturated heterocycles. The molecule has 4 nitrogen and oxygen atoms in total. The summed E-state index contributed by atoms with van der Waals surface area (Å²) < 4.78 is 1.81. The molecule has 0 radical (unpaired) electrons. The zero-order valence-electron chi connectivity index (χ0n) is 7.80. The maximum atomic E-state index is 5.55. The van der Waals surface area contributed by atoms with Crippen molar-refractivity contribution in [2.45, 2.75) is 13.1 Å². The van der Waals surface area contributed by atoms with Gasteiger partial charge in [-0.25, -0.2) is 4.68 Å². The first-order valence-electron chi connectivity index (χ1n) is 4.51. The van der Waals surface area contributed by atoms with Crippen LogP contribution in [0.1, 0.15) is 11.3 Å². The number of rotatable bonds is 3. The smallest absolute Gasteiger partial charge is 0.0738 e. The van der Waals surface area contributed by atoms with Gasteiger partial charge in [0.1, 0.15) is 0 Å². The molecule has 0 spiro atoms. The largest absolute Gasteiger partial charge is 0.325 e. The van der Waals surface area contributed by atoms with Gasteiger partial charge in [0.2, 0.25) is 0 Å². The predicted molar refractivity (Wildman–Crippen MR) is 53.5 cm³/mol. The topological polar surface area (TPSA) is 56.7 Å². The van der Waals surface area contributed by atoms with Gasteiger partial charge in [0, 0.05) is 6.54 Å². The minimum Gasteiger partial charge on any atom is -0.325 e. The summed E-state index contributed by atoms with van der Waals surface area (Å²) in [4.78, 5) is 0. The van der Waals surface area contributed by atoms with Crippen LogP contribution in [0.5, 0.6) is 0 Å². The van der Waals surface area contributed by atoms with Crippen molar-refractivity contribution >= 4 is 0 Å². The standard InChI is InChI=1S/C10H12N4/c11-6-10-7-12-13-14(10)8-9-4-2-1-3-5-9/h1-5,7H,6,8,11H2. The molecule has 2 N–H and O–H groups in total. The quantitative estimate of drug-likeness (QED) is 0.774. The van der Waals surface area contributed by atoms with Crippen LogP contribution in [0.4, 0.5) is 0 Å². The molecule has 1 aromatic heterocycles. The Labute approximate surface area is 82.4 Å². The fourth-order valence-corrected chi connectivity index (χ4v) is 1.33. The summed E-state index contributed by atoms with van der Waals surface area (Å²) in [6, 6.07) is 10.1. The molecule has 0 atom stereocenters. The summed E-state index contributed by atoms with van der Waals surface area (Å²) in [5, 5.41) is 7.79. The van der Waals surface area contributed by atoms with E-state index in [1.54, 1.807) is 6.20 Å². The Morgan fingerprint density at radius 3 is 2.71 bits per heavy atom. The third-order valence-electron chi connectivity index (χ3n) is 2.08. The second-order valence-electron chi connectivity index (χ2n) is 3.07. The zero-order valence-corrected chi connectivity index (χ0v) is 7.80. The van der Waals surface area contributed by atoms with Crippen molar-refractivity contribution in [1.82, 2.24) is 15.0 Å². The maximum absolute atomic E-state index is 5.55. The lowest BCUT2D eigenvalue weighted by molar-refractivity contribution is 0.619. The van der Waals surface area contributed by atoms with Crippen LogP contribution < -0.4 is 5.73 Å². The third-order valence-corrected chi connectivity index (χ3v) is 2.08. The van der Waals surface area contributed by atoms with Crippen LogP contribution in [-0.2, 0) is 13.1 Å². The fourth-order valence-electron chi connectivity index (χ4n) is 1.33. The molecule has 0 aliphatic heterocycles. The van der Waals surface area contributed by atoms with Crippen molar-refractivity contribution < 1.29 is 0 Å². The number of aromatic nitrogens is 3. The van der Waals surface area contributed by atoms with E-state index in [2.05, 4.69) is 22.4 Å². The van der Waals surface area contributed by atoms with Crippen molar-refractivity contribution in [3.8, 4) is 0 Å². The molecular formula is C10H12N4. The van der Waals surface area contributed by atoms with Crippen LogP contribution in [0.3, 0.4) is 0 Å². The number of hydrogen-bond acceptors (Lipinski definition) is 3. The second kappa shape index (κ2) is 4.02. The van der Waals surface area contributed by atoms with E-state index in [1.165, 1.54) is 5.56 Å². The molecule has 0 saturated carbocycles. The lowest BCUT2D eigenvalue weighted by Gasteiger charge is -2.03. The Kier molecular flexibility index (Phi) is 2.55. The van der Waals surface area contributed by atoms with E-state index in [9.17, 15) is 0 Å². The van der Waals surface area contributed by atoms with E-state index < -0.39 is 0 Å². The Morgan fingerprint density at radius 2 is 2.00 bits per heavy atom. The molecule has 0 aliphatic carbocycles. The molecule has 0 aliphatic rings. The van der Waals surface area contributed by atoms with Gasteiger partial charge in [-0.05, 0) is 5.56 Å². The van der Waals surface area contributed by atoms with Crippen LogP contribution >= 0.6 is 0 Å². The normalized spacial score (nSPS) is 10.4. The minimum atomic E-state index is 0.472. The van der Waals surface area contributed by atoms with E-state index in [1.807, 2.05) is 22.9 Å². The predicted octanol–water partition coefficient (Wildman–Crippen LogP) is 0.785. The van der Waals surface area contributed by atoms with Crippen LogP contribution in [-0.4, -0.2) is 15.0 Å². The van der Waals surface area contributed by atoms with Gasteiger partial charge in [-0.2, -0.15) is 0 Å². The molecule has 4 heteroatoms.